The number of carbonyl (C=O) groups is 1. The lowest BCUT2D eigenvalue weighted by Gasteiger charge is -2.18. The fraction of sp³-hybridized carbons (Fsp3) is 0.364. The Bertz CT molecular complexity index is 278. The molecule has 0 heterocycles. The summed E-state index contributed by atoms with van der Waals surface area (Å²) in [6.07, 6.45) is 0. The van der Waals surface area contributed by atoms with Gasteiger partial charge < -0.3 is 10.2 Å². The van der Waals surface area contributed by atoms with E-state index in [0.29, 0.717) is 0 Å². The molecule has 0 spiro atoms. The standard InChI is InChI=1S/C10H12O2.CH4O/c1-10(2,9(11)12)8-6-4-3-5-7-8;1-2/h3-7H,1-2H3,(H,11,12);2H,1H3. The SMILES string of the molecule is CC(C)(C(=O)O)c1ccccc1.CO. The minimum Gasteiger partial charge on any atom is -0.481 e. The Morgan fingerprint density at radius 3 is 1.93 bits per heavy atom. The van der Waals surface area contributed by atoms with Crippen molar-refractivity contribution in [2.24, 2.45) is 0 Å². The number of aliphatic hydroxyl groups excluding tert-OH is 1. The quantitative estimate of drug-likeness (QED) is 0.756. The fourth-order valence-corrected chi connectivity index (χ4v) is 0.978. The van der Waals surface area contributed by atoms with E-state index in [1.807, 2.05) is 30.3 Å². The zero-order valence-corrected chi connectivity index (χ0v) is 8.69. The van der Waals surface area contributed by atoms with Crippen LogP contribution in [0, 0.1) is 0 Å². The third-order valence-electron chi connectivity index (χ3n) is 2.03. The monoisotopic (exact) mass is 196 g/mol. The third kappa shape index (κ3) is 2.85. The van der Waals surface area contributed by atoms with Crippen molar-refractivity contribution in [1.29, 1.82) is 0 Å². The number of carboxylic acid groups (broad SMARTS) is 1. The van der Waals surface area contributed by atoms with Crippen LogP contribution >= 0.6 is 0 Å². The molecule has 0 aliphatic rings. The lowest BCUT2D eigenvalue weighted by molar-refractivity contribution is -0.142. The molecule has 0 bridgehead atoms. The molecule has 1 aromatic rings. The summed E-state index contributed by atoms with van der Waals surface area (Å²) in [5.74, 6) is -0.797. The highest BCUT2D eigenvalue weighted by Crippen LogP contribution is 2.22. The maximum Gasteiger partial charge on any atom is 0.313 e. The van der Waals surface area contributed by atoms with E-state index in [-0.39, 0.29) is 0 Å². The van der Waals surface area contributed by atoms with Gasteiger partial charge in [-0.15, -0.1) is 0 Å². The first-order chi connectivity index (χ1) is 6.55. The van der Waals surface area contributed by atoms with E-state index in [2.05, 4.69) is 0 Å². The van der Waals surface area contributed by atoms with Crippen LogP contribution in [-0.4, -0.2) is 23.3 Å². The van der Waals surface area contributed by atoms with Gasteiger partial charge in [0, 0.05) is 7.11 Å². The number of benzene rings is 1. The van der Waals surface area contributed by atoms with Crippen molar-refractivity contribution in [1.82, 2.24) is 0 Å². The van der Waals surface area contributed by atoms with Crippen molar-refractivity contribution in [3.05, 3.63) is 35.9 Å². The highest BCUT2D eigenvalue weighted by atomic mass is 16.4. The molecule has 0 saturated carbocycles. The molecule has 1 rings (SSSR count). The Morgan fingerprint density at radius 2 is 1.57 bits per heavy atom. The molecule has 78 valence electrons. The molecule has 0 aromatic heterocycles. The van der Waals surface area contributed by atoms with Crippen LogP contribution in [0.2, 0.25) is 0 Å². The van der Waals surface area contributed by atoms with Crippen LogP contribution in [0.3, 0.4) is 0 Å². The third-order valence-corrected chi connectivity index (χ3v) is 2.03. The summed E-state index contributed by atoms with van der Waals surface area (Å²) in [5.41, 5.74) is 0.0406. The molecule has 0 aliphatic carbocycles. The highest BCUT2D eigenvalue weighted by molar-refractivity contribution is 5.80. The predicted molar refractivity (Wildman–Crippen MR) is 55.2 cm³/mol. The summed E-state index contributed by atoms with van der Waals surface area (Å²) in [4.78, 5) is 10.8. The van der Waals surface area contributed by atoms with Crippen molar-refractivity contribution in [3.8, 4) is 0 Å². The van der Waals surface area contributed by atoms with E-state index in [9.17, 15) is 4.79 Å². The summed E-state index contributed by atoms with van der Waals surface area (Å²) >= 11 is 0. The number of hydrogen-bond donors (Lipinski definition) is 2. The number of carboxylic acids is 1. The highest BCUT2D eigenvalue weighted by Gasteiger charge is 2.28. The molecule has 3 heteroatoms. The van der Waals surface area contributed by atoms with Crippen LogP contribution in [0.15, 0.2) is 30.3 Å². The molecule has 3 nitrogen and oxygen atoms in total. The van der Waals surface area contributed by atoms with Crippen LogP contribution in [-0.2, 0) is 10.2 Å². The normalized spacial score (nSPS) is 10.0. The molecule has 0 fully saturated rings. The maximum atomic E-state index is 10.8. The summed E-state index contributed by atoms with van der Waals surface area (Å²) in [6.45, 7) is 3.40. The van der Waals surface area contributed by atoms with Crippen LogP contribution < -0.4 is 0 Å². The molecule has 14 heavy (non-hydrogen) atoms. The smallest absolute Gasteiger partial charge is 0.313 e. The topological polar surface area (TPSA) is 57.5 Å². The van der Waals surface area contributed by atoms with E-state index in [0.717, 1.165) is 12.7 Å². The molecule has 0 amide bonds. The molecule has 0 radical (unpaired) electrons. The summed E-state index contributed by atoms with van der Waals surface area (Å²) in [5, 5.41) is 15.9. The lowest BCUT2D eigenvalue weighted by Crippen LogP contribution is -2.28. The second-order valence-electron chi connectivity index (χ2n) is 3.30. The summed E-state index contributed by atoms with van der Waals surface area (Å²) in [7, 11) is 1.00. The molecular weight excluding hydrogens is 180 g/mol. The first kappa shape index (κ1) is 12.7. The predicted octanol–water partition coefficient (Wildman–Crippen LogP) is 1.66. The van der Waals surface area contributed by atoms with Gasteiger partial charge in [-0.2, -0.15) is 0 Å². The van der Waals surface area contributed by atoms with Gasteiger partial charge in [0.15, 0.2) is 0 Å². The molecule has 0 unspecified atom stereocenters. The molecule has 2 N–H and O–H groups in total. The van der Waals surface area contributed by atoms with Gasteiger partial charge in [0.2, 0.25) is 0 Å². The number of aliphatic hydroxyl groups is 1. The average molecular weight is 196 g/mol. The zero-order valence-electron chi connectivity index (χ0n) is 8.69. The number of hydrogen-bond acceptors (Lipinski definition) is 2. The first-order valence-corrected chi connectivity index (χ1v) is 4.29. The van der Waals surface area contributed by atoms with Gasteiger partial charge in [0.25, 0.3) is 0 Å². The van der Waals surface area contributed by atoms with Gasteiger partial charge in [-0.3, -0.25) is 4.79 Å². The minimum absolute atomic E-state index is 0.790. The molecule has 0 saturated heterocycles. The van der Waals surface area contributed by atoms with Gasteiger partial charge in [-0.1, -0.05) is 30.3 Å². The van der Waals surface area contributed by atoms with Crippen LogP contribution in [0.25, 0.3) is 0 Å². The second-order valence-corrected chi connectivity index (χ2v) is 3.30. The van der Waals surface area contributed by atoms with Gasteiger partial charge in [0.1, 0.15) is 0 Å². The summed E-state index contributed by atoms with van der Waals surface area (Å²) < 4.78 is 0. The Labute approximate surface area is 84.0 Å². The molecular formula is C11H16O3. The second kappa shape index (κ2) is 5.40. The van der Waals surface area contributed by atoms with Gasteiger partial charge in [-0.05, 0) is 19.4 Å². The lowest BCUT2D eigenvalue weighted by atomic mass is 9.85. The van der Waals surface area contributed by atoms with Gasteiger partial charge in [-0.25, -0.2) is 0 Å². The van der Waals surface area contributed by atoms with Crippen molar-refractivity contribution in [3.63, 3.8) is 0 Å². The van der Waals surface area contributed by atoms with Crippen molar-refractivity contribution in [2.45, 2.75) is 19.3 Å². The number of aliphatic carboxylic acids is 1. The molecule has 0 atom stereocenters. The van der Waals surface area contributed by atoms with Gasteiger partial charge >= 0.3 is 5.97 Å². The zero-order chi connectivity index (χ0) is 11.2. The largest absolute Gasteiger partial charge is 0.481 e. The molecule has 1 aromatic carbocycles. The first-order valence-electron chi connectivity index (χ1n) is 4.29. The minimum atomic E-state index is -0.797. The Hall–Kier alpha value is -1.35. The van der Waals surface area contributed by atoms with E-state index < -0.39 is 11.4 Å². The van der Waals surface area contributed by atoms with Crippen molar-refractivity contribution < 1.29 is 15.0 Å². The van der Waals surface area contributed by atoms with Crippen molar-refractivity contribution >= 4 is 5.97 Å². The van der Waals surface area contributed by atoms with Crippen molar-refractivity contribution in [2.75, 3.05) is 7.11 Å². The van der Waals surface area contributed by atoms with Crippen LogP contribution in [0.5, 0.6) is 0 Å². The van der Waals surface area contributed by atoms with E-state index >= 15 is 0 Å². The maximum absolute atomic E-state index is 10.8. The molecule has 0 aliphatic heterocycles. The van der Waals surface area contributed by atoms with E-state index in [1.165, 1.54) is 0 Å². The Balaban J connectivity index is 0.000000791. The van der Waals surface area contributed by atoms with Gasteiger partial charge in [0.05, 0.1) is 5.41 Å². The van der Waals surface area contributed by atoms with E-state index in [4.69, 9.17) is 10.2 Å². The Kier molecular flexibility index (Phi) is 4.87. The van der Waals surface area contributed by atoms with Crippen LogP contribution in [0.4, 0.5) is 0 Å². The fourth-order valence-electron chi connectivity index (χ4n) is 0.978. The average Bonchev–Trinajstić information content (AvgIpc) is 2.22. The number of rotatable bonds is 2. The van der Waals surface area contributed by atoms with Crippen LogP contribution in [0.1, 0.15) is 19.4 Å². The van der Waals surface area contributed by atoms with E-state index in [1.54, 1.807) is 13.8 Å². The summed E-state index contributed by atoms with van der Waals surface area (Å²) in [6, 6.07) is 9.23. The Morgan fingerprint density at radius 1 is 1.14 bits per heavy atom.